The van der Waals surface area contributed by atoms with Gasteiger partial charge in [0.2, 0.25) is 0 Å². The molecule has 0 radical (unpaired) electrons. The van der Waals surface area contributed by atoms with E-state index in [-0.39, 0.29) is 5.48 Å². The third-order valence-corrected chi connectivity index (χ3v) is 0. The minimum atomic E-state index is -4.40. The van der Waals surface area contributed by atoms with Crippen molar-refractivity contribution in [3.8, 4) is 0 Å². The minimum absolute atomic E-state index is 0. The van der Waals surface area contributed by atoms with Gasteiger partial charge in [0.25, 0.3) is 0 Å². The Morgan fingerprint density at radius 3 is 1.00 bits per heavy atom. The Labute approximate surface area is 32.4 Å². The van der Waals surface area contributed by atoms with Crippen molar-refractivity contribution in [3.63, 3.8) is 0 Å². The molecule has 0 aliphatic heterocycles. The van der Waals surface area contributed by atoms with Gasteiger partial charge in [0.15, 0.2) is 0 Å². The van der Waals surface area contributed by atoms with Crippen molar-refractivity contribution >= 4 is 0 Å². The summed E-state index contributed by atoms with van der Waals surface area (Å²) in [5.41, 5.74) is 0. The van der Waals surface area contributed by atoms with Crippen LogP contribution in [0.2, 0.25) is 0 Å². The molecule has 0 saturated carbocycles. The van der Waals surface area contributed by atoms with Gasteiger partial charge in [0.05, 0.1) is 0 Å². The molecule has 1 nitrogen and oxygen atoms in total. The second kappa shape index (κ2) is 4.27. The summed E-state index contributed by atoms with van der Waals surface area (Å²) in [6, 6.07) is 0. The van der Waals surface area contributed by atoms with Crippen molar-refractivity contribution in [2.45, 2.75) is 0 Å². The van der Waals surface area contributed by atoms with E-state index in [2.05, 4.69) is 0 Å². The van der Waals surface area contributed by atoms with E-state index in [1.54, 1.807) is 0 Å². The molecule has 0 aromatic carbocycles. The normalized spacial score (nSPS) is 9.00. The Kier molecular flexibility index (Phi) is 7.67. The van der Waals surface area contributed by atoms with Gasteiger partial charge in [-0.15, -0.1) is 0 Å². The molecule has 0 aromatic rings. The summed E-state index contributed by atoms with van der Waals surface area (Å²) >= 11 is -4.40. The summed E-state index contributed by atoms with van der Waals surface area (Å²) in [5, 5.41) is 0. The van der Waals surface area contributed by atoms with Crippen LogP contribution in [0.1, 0.15) is 0 Å². The van der Waals surface area contributed by atoms with Crippen LogP contribution < -0.4 is 0 Å². The molecule has 0 rings (SSSR count). The fraction of sp³-hybridized carbons (Fsp3) is 0. The van der Waals surface area contributed by atoms with E-state index in [4.69, 9.17) is 0 Å². The van der Waals surface area contributed by atoms with Gasteiger partial charge >= 0.3 is 25.9 Å². The van der Waals surface area contributed by atoms with Gasteiger partial charge in [0, 0.05) is 0 Å². The van der Waals surface area contributed by atoms with Crippen molar-refractivity contribution < 1.29 is 31.4 Å². The maximum atomic E-state index is 9.77. The van der Waals surface area contributed by atoms with Crippen LogP contribution in [0.4, 0.5) is 10.7 Å². The van der Waals surface area contributed by atoms with Crippen molar-refractivity contribution in [2.24, 2.45) is 0 Å². The van der Waals surface area contributed by atoms with Crippen LogP contribution in [-0.2, 0) is 15.3 Å². The van der Waals surface area contributed by atoms with Gasteiger partial charge < -0.3 is 5.48 Å². The molecule has 36 valence electrons. The average molecular weight is 130 g/mol. The summed E-state index contributed by atoms with van der Waals surface area (Å²) in [4.78, 5) is 0. The predicted octanol–water partition coefficient (Wildman–Crippen LogP) is 0.433. The van der Waals surface area contributed by atoms with E-state index in [1.165, 1.54) is 0 Å². The Bertz CT molecular complexity index is 11.6. The summed E-state index contributed by atoms with van der Waals surface area (Å²) < 4.78 is 29.3. The number of hydrogen-bond acceptors (Lipinski definition) is 0. The third-order valence-electron chi connectivity index (χ3n) is 0. The predicted molar refractivity (Wildman–Crippen MR) is 6.94 cm³/mol. The van der Waals surface area contributed by atoms with Gasteiger partial charge in [0.1, 0.15) is 0 Å². The first kappa shape index (κ1) is 8.99. The zero-order valence-corrected chi connectivity index (χ0v) is 3.19. The standard InChI is InChI=1S/3FH.Mn.H2O/h3*1H;;1H2/q;;;+3;/p-3. The molecule has 0 amide bonds. The van der Waals surface area contributed by atoms with Crippen LogP contribution in [0.25, 0.3) is 0 Å². The Morgan fingerprint density at radius 1 is 1.00 bits per heavy atom. The quantitative estimate of drug-likeness (QED) is 0.426. The molecular formula is H2F3MnO. The molecule has 0 atom stereocenters. The first-order valence-corrected chi connectivity index (χ1v) is 1.77. The summed E-state index contributed by atoms with van der Waals surface area (Å²) in [7, 11) is 0. The van der Waals surface area contributed by atoms with Crippen LogP contribution in [0.5, 0.6) is 0 Å². The molecule has 0 aromatic heterocycles. The molecule has 0 heterocycles. The van der Waals surface area contributed by atoms with Gasteiger partial charge in [-0.25, -0.2) is 0 Å². The molecule has 5 heavy (non-hydrogen) atoms. The molecule has 0 saturated heterocycles. The van der Waals surface area contributed by atoms with Crippen LogP contribution >= 0.6 is 0 Å². The van der Waals surface area contributed by atoms with E-state index in [0.717, 1.165) is 0 Å². The fourth-order valence-corrected chi connectivity index (χ4v) is 0. The SMILES string of the molecule is O.[F][Mn]([F])[F]. The van der Waals surface area contributed by atoms with Gasteiger partial charge in [-0.1, -0.05) is 0 Å². The van der Waals surface area contributed by atoms with Crippen molar-refractivity contribution in [1.29, 1.82) is 0 Å². The fourth-order valence-electron chi connectivity index (χ4n) is 0. The number of rotatable bonds is 0. The van der Waals surface area contributed by atoms with E-state index < -0.39 is 15.3 Å². The first-order chi connectivity index (χ1) is 1.73. The van der Waals surface area contributed by atoms with E-state index in [1.807, 2.05) is 0 Å². The first-order valence-electron chi connectivity index (χ1n) is 0.429. The summed E-state index contributed by atoms with van der Waals surface area (Å²) in [5.74, 6) is 0. The van der Waals surface area contributed by atoms with Crippen molar-refractivity contribution in [2.75, 3.05) is 0 Å². The third kappa shape index (κ3) is 303. The Morgan fingerprint density at radius 2 is 1.00 bits per heavy atom. The van der Waals surface area contributed by atoms with E-state index in [9.17, 15) is 10.7 Å². The molecule has 0 unspecified atom stereocenters. The Balaban J connectivity index is 0. The molecule has 0 aliphatic carbocycles. The van der Waals surface area contributed by atoms with Crippen LogP contribution in [0.15, 0.2) is 0 Å². The van der Waals surface area contributed by atoms with Crippen LogP contribution in [0, 0.1) is 0 Å². The average Bonchev–Trinajstić information content (AvgIpc) is 0.811. The molecule has 0 spiro atoms. The molecule has 0 bridgehead atoms. The zero-order chi connectivity index (χ0) is 3.58. The van der Waals surface area contributed by atoms with Crippen LogP contribution in [0.3, 0.4) is 0 Å². The van der Waals surface area contributed by atoms with E-state index >= 15 is 0 Å². The number of hydrogen-bond donors (Lipinski definition) is 0. The van der Waals surface area contributed by atoms with Gasteiger partial charge in [-0.2, -0.15) is 0 Å². The molecule has 0 aliphatic rings. The zero-order valence-electron chi connectivity index (χ0n) is 2.01. The van der Waals surface area contributed by atoms with Gasteiger partial charge in [-0.3, -0.25) is 0 Å². The number of halogens is 3. The summed E-state index contributed by atoms with van der Waals surface area (Å²) in [6.45, 7) is 0. The molecule has 0 fully saturated rings. The van der Waals surface area contributed by atoms with E-state index in [0.29, 0.717) is 0 Å². The second-order valence-corrected chi connectivity index (χ2v) is 0.668. The Hall–Kier alpha value is 0.269. The monoisotopic (exact) mass is 130 g/mol. The van der Waals surface area contributed by atoms with Gasteiger partial charge in [-0.05, 0) is 0 Å². The van der Waals surface area contributed by atoms with Crippen molar-refractivity contribution in [3.05, 3.63) is 0 Å². The topological polar surface area (TPSA) is 31.5 Å². The summed E-state index contributed by atoms with van der Waals surface area (Å²) in [6.07, 6.45) is 0. The second-order valence-electron chi connectivity index (χ2n) is 0.162. The van der Waals surface area contributed by atoms with Crippen LogP contribution in [-0.4, -0.2) is 5.48 Å². The van der Waals surface area contributed by atoms with Crippen molar-refractivity contribution in [1.82, 2.24) is 0 Å². The maximum absolute atomic E-state index is 9.77. The molecule has 5 heteroatoms. The molecule has 2 N–H and O–H groups in total. The molecular weight excluding hydrogens is 128 g/mol.